The molecule has 0 radical (unpaired) electrons. The van der Waals surface area contributed by atoms with Gasteiger partial charge in [0.25, 0.3) is 0 Å². The monoisotopic (exact) mass is 924 g/mol. The zero-order valence-corrected chi connectivity index (χ0v) is 40.0. The molecule has 0 bridgehead atoms. The van der Waals surface area contributed by atoms with Crippen molar-refractivity contribution in [3.8, 4) is 112 Å². The summed E-state index contributed by atoms with van der Waals surface area (Å²) >= 11 is 0. The number of benzene rings is 13. The van der Waals surface area contributed by atoms with E-state index < -0.39 is 0 Å². The quantitative estimate of drug-likeness (QED) is 0.0805. The molecule has 0 spiro atoms. The number of hydrogen-bond donors (Lipinski definition) is 4. The maximum atomic E-state index is 11.3. The molecular formula is C68H44O4. The van der Waals surface area contributed by atoms with Crippen molar-refractivity contribution in [1.29, 1.82) is 0 Å². The molecule has 0 unspecified atom stereocenters. The summed E-state index contributed by atoms with van der Waals surface area (Å²) in [4.78, 5) is 0. The molecule has 0 fully saturated rings. The summed E-state index contributed by atoms with van der Waals surface area (Å²) in [5.41, 5.74) is 22.0. The standard InChI is InChI=1S/C68H44O4/c1-33-5-13-37(14-6-33)57-49-29-53(69)54(70)30-50(49)58(38-15-7-34(2)8-16-38)66-46-26-22-42-44-24-28-48-64-47(27-23-43(62(44)64)41-21-25-45(65(57)66)63(46)61(41)42)67-59(39-17-9-35(3)10-18-39)51-31-55(71)56(72)32-52(51)60(68(48)67)40-19-11-36(4)12-20-40/h5-32,69-72H,1-4H3. The first-order valence-corrected chi connectivity index (χ1v) is 24.6. The molecule has 13 aromatic rings. The number of rotatable bonds is 4. The Morgan fingerprint density at radius 1 is 0.208 bits per heavy atom. The summed E-state index contributed by atoms with van der Waals surface area (Å²) in [5.74, 6) is -0.601. The Morgan fingerprint density at radius 3 is 0.625 bits per heavy atom. The van der Waals surface area contributed by atoms with Crippen molar-refractivity contribution in [1.82, 2.24) is 0 Å². The fraction of sp³-hybridized carbons (Fsp3) is 0.0588. The van der Waals surface area contributed by atoms with E-state index >= 15 is 0 Å². The van der Waals surface area contributed by atoms with Crippen LogP contribution >= 0.6 is 0 Å². The predicted molar refractivity (Wildman–Crippen MR) is 299 cm³/mol. The first-order chi connectivity index (χ1) is 35.0. The van der Waals surface area contributed by atoms with Gasteiger partial charge in [0.2, 0.25) is 0 Å². The molecular weight excluding hydrogens is 881 g/mol. The molecule has 15 rings (SSSR count). The third kappa shape index (κ3) is 5.30. The summed E-state index contributed by atoms with van der Waals surface area (Å²) in [6.07, 6.45) is 0. The highest BCUT2D eigenvalue weighted by molar-refractivity contribution is 6.42. The van der Waals surface area contributed by atoms with E-state index in [1.54, 1.807) is 24.3 Å². The molecule has 13 aromatic carbocycles. The third-order valence-corrected chi connectivity index (χ3v) is 16.1. The number of hydrogen-bond acceptors (Lipinski definition) is 4. The molecule has 0 aromatic heterocycles. The van der Waals surface area contributed by atoms with Crippen molar-refractivity contribution in [2.45, 2.75) is 27.7 Å². The van der Waals surface area contributed by atoms with E-state index in [2.05, 4.69) is 173 Å². The van der Waals surface area contributed by atoms with Crippen molar-refractivity contribution < 1.29 is 20.4 Å². The predicted octanol–water partition coefficient (Wildman–Crippen LogP) is 18.1. The second-order valence-corrected chi connectivity index (χ2v) is 20.4. The van der Waals surface area contributed by atoms with E-state index in [1.807, 2.05) is 0 Å². The van der Waals surface area contributed by atoms with Crippen LogP contribution in [0.25, 0.3) is 154 Å². The first kappa shape index (κ1) is 40.7. The molecule has 4 heteroatoms. The Labute approximate surface area is 414 Å². The van der Waals surface area contributed by atoms with Gasteiger partial charge >= 0.3 is 0 Å². The van der Waals surface area contributed by atoms with E-state index in [-0.39, 0.29) is 23.0 Å². The van der Waals surface area contributed by atoms with Crippen molar-refractivity contribution in [2.24, 2.45) is 0 Å². The van der Waals surface area contributed by atoms with Crippen LogP contribution in [0.4, 0.5) is 0 Å². The Morgan fingerprint density at radius 2 is 0.417 bits per heavy atom. The topological polar surface area (TPSA) is 80.9 Å². The smallest absolute Gasteiger partial charge is 0.158 e. The zero-order chi connectivity index (χ0) is 48.6. The highest BCUT2D eigenvalue weighted by atomic mass is 16.3. The Balaban J connectivity index is 1.08. The summed E-state index contributed by atoms with van der Waals surface area (Å²) in [5, 5.41) is 58.0. The van der Waals surface area contributed by atoms with Crippen LogP contribution in [0, 0.1) is 27.7 Å². The van der Waals surface area contributed by atoms with Crippen molar-refractivity contribution in [2.75, 3.05) is 0 Å². The van der Waals surface area contributed by atoms with Gasteiger partial charge in [-0.2, -0.15) is 0 Å². The van der Waals surface area contributed by atoms with E-state index in [4.69, 9.17) is 0 Å². The Hall–Kier alpha value is -9.12. The lowest BCUT2D eigenvalue weighted by Gasteiger charge is -2.21. The largest absolute Gasteiger partial charge is 0.504 e. The molecule has 2 aliphatic rings. The van der Waals surface area contributed by atoms with Gasteiger partial charge in [-0.3, -0.25) is 0 Å². The molecule has 72 heavy (non-hydrogen) atoms. The van der Waals surface area contributed by atoms with Gasteiger partial charge in [-0.1, -0.05) is 168 Å². The van der Waals surface area contributed by atoms with E-state index in [0.717, 1.165) is 133 Å². The van der Waals surface area contributed by atoms with Gasteiger partial charge in [-0.25, -0.2) is 0 Å². The lowest BCUT2D eigenvalue weighted by molar-refractivity contribution is 0.405. The number of phenolic OH excluding ortho intramolecular Hbond substituents is 4. The van der Waals surface area contributed by atoms with Crippen LogP contribution in [0.3, 0.4) is 0 Å². The molecule has 4 nitrogen and oxygen atoms in total. The number of fused-ring (bicyclic) bond motifs is 10. The highest BCUT2D eigenvalue weighted by Crippen LogP contribution is 2.63. The minimum atomic E-state index is -0.150. The van der Waals surface area contributed by atoms with Crippen molar-refractivity contribution in [3.63, 3.8) is 0 Å². The maximum Gasteiger partial charge on any atom is 0.158 e. The number of phenols is 4. The second kappa shape index (κ2) is 14.2. The maximum absolute atomic E-state index is 11.3. The summed E-state index contributed by atoms with van der Waals surface area (Å²) in [6, 6.07) is 60.2. The van der Waals surface area contributed by atoms with Crippen molar-refractivity contribution >= 4 is 64.6 Å². The molecule has 0 aliphatic heterocycles. The van der Waals surface area contributed by atoms with Crippen LogP contribution in [-0.2, 0) is 0 Å². The third-order valence-electron chi connectivity index (χ3n) is 16.1. The summed E-state index contributed by atoms with van der Waals surface area (Å²) in [7, 11) is 0. The minimum Gasteiger partial charge on any atom is -0.504 e. The molecule has 0 heterocycles. The fourth-order valence-corrected chi connectivity index (χ4v) is 12.9. The number of aryl methyl sites for hydroxylation is 4. The van der Waals surface area contributed by atoms with Gasteiger partial charge in [0.05, 0.1) is 0 Å². The van der Waals surface area contributed by atoms with Gasteiger partial charge in [-0.05, 0) is 206 Å². The Bertz CT molecular complexity index is 4000. The van der Waals surface area contributed by atoms with Crippen LogP contribution in [0.5, 0.6) is 23.0 Å². The van der Waals surface area contributed by atoms with Crippen LogP contribution < -0.4 is 0 Å². The fourth-order valence-electron chi connectivity index (χ4n) is 12.9. The molecule has 0 atom stereocenters. The highest BCUT2D eigenvalue weighted by Gasteiger charge is 2.36. The van der Waals surface area contributed by atoms with Crippen LogP contribution in [0.1, 0.15) is 22.3 Å². The van der Waals surface area contributed by atoms with Crippen LogP contribution in [-0.4, -0.2) is 20.4 Å². The van der Waals surface area contributed by atoms with E-state index in [0.29, 0.717) is 0 Å². The first-order valence-electron chi connectivity index (χ1n) is 24.6. The SMILES string of the molecule is Cc1ccc(-c2c3c(c(-c4ccc(C)cc4)c4cc(O)c(O)cc24)-c2ccc4c5ccc6c7c(ccc(c8ccc-3c2c84)c75)-c2c-6c(-c3ccc(C)cc3)c3cc(O)c(O)cc3c2-c2ccc(C)cc2)cc1. The molecule has 0 saturated heterocycles. The summed E-state index contributed by atoms with van der Waals surface area (Å²) in [6.45, 7) is 8.41. The molecule has 340 valence electrons. The van der Waals surface area contributed by atoms with Gasteiger partial charge in [0.1, 0.15) is 0 Å². The van der Waals surface area contributed by atoms with Gasteiger partial charge in [-0.15, -0.1) is 0 Å². The lowest BCUT2D eigenvalue weighted by atomic mass is 9.82. The lowest BCUT2D eigenvalue weighted by Crippen LogP contribution is -1.94. The summed E-state index contributed by atoms with van der Waals surface area (Å²) < 4.78 is 0. The van der Waals surface area contributed by atoms with E-state index in [1.165, 1.54) is 43.1 Å². The van der Waals surface area contributed by atoms with E-state index in [9.17, 15) is 20.4 Å². The molecule has 0 amide bonds. The Kier molecular flexibility index (Phi) is 8.06. The minimum absolute atomic E-state index is 0.150. The van der Waals surface area contributed by atoms with Crippen LogP contribution in [0.15, 0.2) is 170 Å². The van der Waals surface area contributed by atoms with Gasteiger partial charge in [0, 0.05) is 0 Å². The zero-order valence-electron chi connectivity index (χ0n) is 40.0. The number of aromatic hydroxyl groups is 4. The van der Waals surface area contributed by atoms with Crippen molar-refractivity contribution in [3.05, 3.63) is 192 Å². The van der Waals surface area contributed by atoms with Crippen LogP contribution in [0.2, 0.25) is 0 Å². The molecule has 2 aliphatic carbocycles. The normalized spacial score (nSPS) is 12.4. The molecule has 4 N–H and O–H groups in total. The van der Waals surface area contributed by atoms with Gasteiger partial charge in [0.15, 0.2) is 23.0 Å². The second-order valence-electron chi connectivity index (χ2n) is 20.4. The van der Waals surface area contributed by atoms with Gasteiger partial charge < -0.3 is 20.4 Å². The average Bonchev–Trinajstić information content (AvgIpc) is 3.90. The molecule has 0 saturated carbocycles. The average molecular weight is 925 g/mol.